The van der Waals surface area contributed by atoms with Crippen LogP contribution in [0.2, 0.25) is 0 Å². The number of hydrogen-bond donors (Lipinski definition) is 4. The van der Waals surface area contributed by atoms with Crippen molar-refractivity contribution in [1.29, 1.82) is 5.26 Å². The van der Waals surface area contributed by atoms with Crippen molar-refractivity contribution in [3.8, 4) is 17.3 Å². The Morgan fingerprint density at radius 1 is 1.06 bits per heavy atom. The fraction of sp³-hybridized carbons (Fsp3) is 0.190. The zero-order chi connectivity index (χ0) is 23.6. The van der Waals surface area contributed by atoms with Crippen molar-refractivity contribution >= 4 is 23.4 Å². The Kier molecular flexibility index (Phi) is 7.76. The van der Waals surface area contributed by atoms with Crippen molar-refractivity contribution in [3.63, 3.8) is 0 Å². The minimum absolute atomic E-state index is 0.0913. The number of aromatic nitrogens is 3. The van der Waals surface area contributed by atoms with E-state index in [1.165, 1.54) is 24.5 Å². The van der Waals surface area contributed by atoms with Gasteiger partial charge in [0.15, 0.2) is 0 Å². The lowest BCUT2D eigenvalue weighted by Crippen LogP contribution is -2.27. The smallest absolute Gasteiger partial charge is 0.287 e. The number of aliphatic hydroxyl groups excluding tert-OH is 1. The van der Waals surface area contributed by atoms with Crippen LogP contribution in [0.25, 0.3) is 11.3 Å². The number of aliphatic hydroxyl groups is 1. The second kappa shape index (κ2) is 11.1. The highest BCUT2D eigenvalue weighted by molar-refractivity contribution is 5.99. The van der Waals surface area contributed by atoms with Gasteiger partial charge in [-0.05, 0) is 18.2 Å². The highest BCUT2D eigenvalue weighted by atomic mass is 16.6. The first-order valence-electron chi connectivity index (χ1n) is 9.86. The van der Waals surface area contributed by atoms with Gasteiger partial charge in [0.25, 0.3) is 11.6 Å². The summed E-state index contributed by atoms with van der Waals surface area (Å²) in [5.74, 6) is 0.338. The molecule has 2 heterocycles. The number of nitriles is 1. The molecule has 12 heteroatoms. The second-order valence-corrected chi connectivity index (χ2v) is 6.64. The van der Waals surface area contributed by atoms with E-state index in [0.29, 0.717) is 35.7 Å². The fourth-order valence-electron chi connectivity index (χ4n) is 2.78. The summed E-state index contributed by atoms with van der Waals surface area (Å²) in [7, 11) is 0. The average Bonchev–Trinajstić information content (AvgIpc) is 2.85. The van der Waals surface area contributed by atoms with Gasteiger partial charge >= 0.3 is 0 Å². The molecule has 1 aromatic carbocycles. The molecule has 33 heavy (non-hydrogen) atoms. The third-order valence-corrected chi connectivity index (χ3v) is 4.39. The van der Waals surface area contributed by atoms with E-state index in [1.54, 1.807) is 24.3 Å². The third kappa shape index (κ3) is 6.18. The topological polar surface area (TPSA) is 179 Å². The second-order valence-electron chi connectivity index (χ2n) is 6.64. The molecule has 0 saturated heterocycles. The van der Waals surface area contributed by atoms with E-state index in [-0.39, 0.29) is 30.4 Å². The predicted octanol–water partition coefficient (Wildman–Crippen LogP) is 1.56. The van der Waals surface area contributed by atoms with Crippen molar-refractivity contribution in [1.82, 2.24) is 20.3 Å². The highest BCUT2D eigenvalue weighted by Gasteiger charge is 2.16. The molecule has 12 nitrogen and oxygen atoms in total. The van der Waals surface area contributed by atoms with Crippen LogP contribution in [0.15, 0.2) is 48.8 Å². The summed E-state index contributed by atoms with van der Waals surface area (Å²) in [6.45, 7) is 0.726. The lowest BCUT2D eigenvalue weighted by atomic mass is 10.0. The van der Waals surface area contributed by atoms with Gasteiger partial charge in [-0.1, -0.05) is 12.1 Å². The maximum Gasteiger partial charge on any atom is 0.287 e. The normalized spacial score (nSPS) is 10.2. The number of benzene rings is 1. The molecule has 0 atom stereocenters. The quantitative estimate of drug-likeness (QED) is 0.202. The maximum absolute atomic E-state index is 12.5. The number of amides is 1. The number of carbonyl (C=O) groups excluding carboxylic acids is 1. The number of nitrogens with one attached hydrogen (secondary N) is 3. The summed E-state index contributed by atoms with van der Waals surface area (Å²) in [6, 6.07) is 11.5. The van der Waals surface area contributed by atoms with Crippen molar-refractivity contribution in [2.45, 2.75) is 0 Å². The van der Waals surface area contributed by atoms with Crippen LogP contribution in [0, 0.1) is 21.4 Å². The summed E-state index contributed by atoms with van der Waals surface area (Å²) in [6.07, 6.45) is 2.56. The first-order chi connectivity index (χ1) is 16.0. The lowest BCUT2D eigenvalue weighted by molar-refractivity contribution is -0.385. The predicted molar refractivity (Wildman–Crippen MR) is 119 cm³/mol. The van der Waals surface area contributed by atoms with Crippen LogP contribution in [0.5, 0.6) is 0 Å². The van der Waals surface area contributed by atoms with Crippen molar-refractivity contribution in [2.24, 2.45) is 0 Å². The number of rotatable bonds is 10. The molecule has 1 amide bonds. The first-order valence-corrected chi connectivity index (χ1v) is 9.86. The zero-order valence-electron chi connectivity index (χ0n) is 17.4. The van der Waals surface area contributed by atoms with Gasteiger partial charge in [-0.25, -0.2) is 15.0 Å². The molecule has 0 spiro atoms. The van der Waals surface area contributed by atoms with Crippen LogP contribution in [0.1, 0.15) is 15.9 Å². The van der Waals surface area contributed by atoms with Crippen LogP contribution >= 0.6 is 0 Å². The molecular formula is C21H20N8O4. The fourth-order valence-corrected chi connectivity index (χ4v) is 2.78. The molecule has 0 radical (unpaired) electrons. The minimum Gasteiger partial charge on any atom is -0.395 e. The highest BCUT2D eigenvalue weighted by Crippen LogP contribution is 2.23. The summed E-state index contributed by atoms with van der Waals surface area (Å²) in [5.41, 5.74) is 1.61. The molecule has 0 aliphatic rings. The lowest BCUT2D eigenvalue weighted by Gasteiger charge is -2.12. The van der Waals surface area contributed by atoms with Crippen LogP contribution in [-0.2, 0) is 0 Å². The molecule has 2 aromatic heterocycles. The molecule has 3 rings (SSSR count). The monoisotopic (exact) mass is 448 g/mol. The summed E-state index contributed by atoms with van der Waals surface area (Å²) in [4.78, 5) is 35.3. The molecule has 0 aliphatic heterocycles. The number of pyridine rings is 1. The van der Waals surface area contributed by atoms with Crippen LogP contribution in [-0.4, -0.2) is 57.1 Å². The number of carbonyl (C=O) groups is 1. The van der Waals surface area contributed by atoms with Crippen LogP contribution in [0.3, 0.4) is 0 Å². The van der Waals surface area contributed by atoms with E-state index >= 15 is 0 Å². The molecule has 0 fully saturated rings. The van der Waals surface area contributed by atoms with E-state index in [2.05, 4.69) is 30.9 Å². The Morgan fingerprint density at radius 3 is 2.45 bits per heavy atom. The molecule has 3 aromatic rings. The van der Waals surface area contributed by atoms with Gasteiger partial charge in [-0.15, -0.1) is 0 Å². The Labute approximate surface area is 188 Å². The third-order valence-electron chi connectivity index (χ3n) is 4.39. The van der Waals surface area contributed by atoms with Crippen LogP contribution < -0.4 is 16.0 Å². The van der Waals surface area contributed by atoms with Crippen molar-refractivity contribution in [2.75, 3.05) is 36.9 Å². The number of nitro groups is 1. The Hall–Kier alpha value is -4.63. The number of nitrogens with zero attached hydrogens (tertiary/aromatic N) is 5. The number of hydrogen-bond acceptors (Lipinski definition) is 10. The van der Waals surface area contributed by atoms with Gasteiger partial charge in [0.1, 0.15) is 12.0 Å². The van der Waals surface area contributed by atoms with Crippen molar-refractivity contribution in [3.05, 3.63) is 70.0 Å². The molecule has 4 N–H and O–H groups in total. The van der Waals surface area contributed by atoms with Gasteiger partial charge in [0.05, 0.1) is 34.4 Å². The SMILES string of the molecule is N#Cc1ccc(-c2nc(NCCNc3ccc([N+](=O)[O-])cn3)ncc2C(=O)NCCO)cc1. The zero-order valence-corrected chi connectivity index (χ0v) is 17.4. The Bertz CT molecular complexity index is 1160. The van der Waals surface area contributed by atoms with Gasteiger partial charge < -0.3 is 21.1 Å². The first kappa shape index (κ1) is 23.0. The Balaban J connectivity index is 1.70. The maximum atomic E-state index is 12.5. The van der Waals surface area contributed by atoms with Crippen molar-refractivity contribution < 1.29 is 14.8 Å². The molecule has 0 saturated carbocycles. The Morgan fingerprint density at radius 2 is 1.82 bits per heavy atom. The van der Waals surface area contributed by atoms with Gasteiger partial charge in [-0.3, -0.25) is 14.9 Å². The van der Waals surface area contributed by atoms with E-state index in [0.717, 1.165) is 0 Å². The summed E-state index contributed by atoms with van der Waals surface area (Å²) < 4.78 is 0. The molecule has 168 valence electrons. The van der Waals surface area contributed by atoms with E-state index in [4.69, 9.17) is 10.4 Å². The largest absolute Gasteiger partial charge is 0.395 e. The van der Waals surface area contributed by atoms with Gasteiger partial charge in [0.2, 0.25) is 5.95 Å². The minimum atomic E-state index is -0.519. The average molecular weight is 448 g/mol. The molecule has 0 aliphatic carbocycles. The molecular weight excluding hydrogens is 428 g/mol. The van der Waals surface area contributed by atoms with E-state index in [9.17, 15) is 14.9 Å². The molecule has 0 unspecified atom stereocenters. The number of anilines is 2. The van der Waals surface area contributed by atoms with E-state index in [1.807, 2.05) is 6.07 Å². The standard InChI is InChI=1S/C21H20N8O4/c22-11-14-1-3-15(4-2-14)19-17(20(31)24-9-10-30)13-27-21(28-19)25-8-7-23-18-6-5-16(12-26-18)29(32)33/h1-6,12-13,30H,7-10H2,(H,23,26)(H,24,31)(H,25,27,28). The van der Waals surface area contributed by atoms with Crippen LogP contribution in [0.4, 0.5) is 17.5 Å². The van der Waals surface area contributed by atoms with E-state index < -0.39 is 10.8 Å². The summed E-state index contributed by atoms with van der Waals surface area (Å²) >= 11 is 0. The summed E-state index contributed by atoms with van der Waals surface area (Å²) in [5, 5.41) is 37.3. The van der Waals surface area contributed by atoms with Gasteiger partial charge in [-0.2, -0.15) is 5.26 Å². The van der Waals surface area contributed by atoms with Gasteiger partial charge in [0, 0.05) is 37.5 Å². The molecule has 0 bridgehead atoms.